The Hall–Kier alpha value is -1.84. The molecule has 2 aromatic carbocycles. The van der Waals surface area contributed by atoms with Crippen LogP contribution in [0, 0.1) is 0 Å². The molecule has 1 N–H and O–H groups in total. The van der Waals surface area contributed by atoms with Gasteiger partial charge < -0.3 is 10.1 Å². The van der Waals surface area contributed by atoms with Crippen LogP contribution in [0.15, 0.2) is 42.5 Å². The van der Waals surface area contributed by atoms with Crippen molar-refractivity contribution < 1.29 is 9.53 Å². The summed E-state index contributed by atoms with van der Waals surface area (Å²) in [6.07, 6.45) is 0. The molecule has 0 spiro atoms. The molecule has 0 aliphatic carbocycles. The van der Waals surface area contributed by atoms with Crippen molar-refractivity contribution in [2.75, 3.05) is 11.9 Å². The number of hydrogen-bond acceptors (Lipinski definition) is 2. The molecular formula is C17H16ClNO2. The fourth-order valence-electron chi connectivity index (χ4n) is 2.51. The predicted octanol–water partition coefficient (Wildman–Crippen LogP) is 4.21. The van der Waals surface area contributed by atoms with Crippen LogP contribution in [0.1, 0.15) is 19.4 Å². The number of fused-ring (bicyclic) bond motifs is 1. The average molecular weight is 302 g/mol. The van der Waals surface area contributed by atoms with Crippen molar-refractivity contribution >= 4 is 23.2 Å². The molecule has 0 bridgehead atoms. The van der Waals surface area contributed by atoms with Gasteiger partial charge in [0.25, 0.3) is 0 Å². The second kappa shape index (κ2) is 5.17. The summed E-state index contributed by atoms with van der Waals surface area (Å²) in [5.74, 6) is -0.127. The van der Waals surface area contributed by atoms with Gasteiger partial charge in [-0.25, -0.2) is 0 Å². The van der Waals surface area contributed by atoms with Gasteiger partial charge in [-0.05, 0) is 49.2 Å². The van der Waals surface area contributed by atoms with Crippen molar-refractivity contribution in [3.63, 3.8) is 0 Å². The molecule has 0 fully saturated rings. The lowest BCUT2D eigenvalue weighted by Gasteiger charge is -2.25. The fraction of sp³-hybridized carbons (Fsp3) is 0.235. The Labute approximate surface area is 128 Å². The third kappa shape index (κ3) is 2.80. The van der Waals surface area contributed by atoms with Gasteiger partial charge in [-0.1, -0.05) is 29.8 Å². The highest BCUT2D eigenvalue weighted by atomic mass is 35.5. The third-order valence-electron chi connectivity index (χ3n) is 3.66. The van der Waals surface area contributed by atoms with E-state index >= 15 is 0 Å². The Balaban J connectivity index is 2.12. The van der Waals surface area contributed by atoms with Crippen molar-refractivity contribution in [1.82, 2.24) is 0 Å². The second-order valence-corrected chi connectivity index (χ2v) is 6.05. The van der Waals surface area contributed by atoms with Gasteiger partial charge in [0.05, 0.1) is 5.60 Å². The molecule has 1 aliphatic rings. The number of ether oxygens (including phenoxy) is 1. The quantitative estimate of drug-likeness (QED) is 0.857. The minimum atomic E-state index is -0.525. The Morgan fingerprint density at radius 1 is 1.14 bits per heavy atom. The van der Waals surface area contributed by atoms with Gasteiger partial charge in [0.15, 0.2) is 0 Å². The van der Waals surface area contributed by atoms with E-state index in [0.29, 0.717) is 5.02 Å². The van der Waals surface area contributed by atoms with Gasteiger partial charge in [-0.3, -0.25) is 4.79 Å². The summed E-state index contributed by atoms with van der Waals surface area (Å²) in [7, 11) is 0. The minimum Gasteiger partial charge on any atom is -0.361 e. The topological polar surface area (TPSA) is 38.3 Å². The molecule has 1 heterocycles. The molecule has 1 amide bonds. The molecule has 21 heavy (non-hydrogen) atoms. The van der Waals surface area contributed by atoms with Crippen LogP contribution in [-0.2, 0) is 15.1 Å². The van der Waals surface area contributed by atoms with Crippen LogP contribution >= 0.6 is 11.6 Å². The van der Waals surface area contributed by atoms with E-state index in [9.17, 15) is 4.79 Å². The van der Waals surface area contributed by atoms with Crippen LogP contribution in [0.3, 0.4) is 0 Å². The van der Waals surface area contributed by atoms with E-state index in [1.165, 1.54) is 0 Å². The summed E-state index contributed by atoms with van der Waals surface area (Å²) in [6.45, 7) is 4.00. The van der Waals surface area contributed by atoms with Crippen molar-refractivity contribution in [3.8, 4) is 11.1 Å². The normalized spacial score (nSPS) is 16.8. The van der Waals surface area contributed by atoms with Crippen molar-refractivity contribution in [1.29, 1.82) is 0 Å². The van der Waals surface area contributed by atoms with Gasteiger partial charge in [-0.2, -0.15) is 0 Å². The Morgan fingerprint density at radius 2 is 1.90 bits per heavy atom. The molecule has 0 aromatic heterocycles. The number of carbonyl (C=O) groups is 1. The number of anilines is 1. The first-order chi connectivity index (χ1) is 9.95. The number of benzene rings is 2. The smallest absolute Gasteiger partial charge is 0.250 e. The van der Waals surface area contributed by atoms with E-state index in [-0.39, 0.29) is 12.5 Å². The van der Waals surface area contributed by atoms with Crippen LogP contribution in [0.2, 0.25) is 5.02 Å². The minimum absolute atomic E-state index is 0.0637. The lowest BCUT2D eigenvalue weighted by Crippen LogP contribution is -2.22. The molecule has 3 nitrogen and oxygen atoms in total. The standard InChI is InChI=1S/C17H16ClNO2/c1-17(2)14-9-12(11-4-3-5-13(18)8-11)6-7-15(14)19-16(20)10-21-17/h3-9H,10H2,1-2H3,(H,19,20). The molecule has 108 valence electrons. The molecule has 0 saturated heterocycles. The molecule has 0 unspecified atom stereocenters. The van der Waals surface area contributed by atoms with Crippen LogP contribution in [0.5, 0.6) is 0 Å². The molecule has 4 heteroatoms. The first-order valence-electron chi connectivity index (χ1n) is 6.80. The number of rotatable bonds is 1. The molecule has 0 atom stereocenters. The van der Waals surface area contributed by atoms with E-state index in [0.717, 1.165) is 22.4 Å². The summed E-state index contributed by atoms with van der Waals surface area (Å²) < 4.78 is 5.71. The van der Waals surface area contributed by atoms with Gasteiger partial charge >= 0.3 is 0 Å². The van der Waals surface area contributed by atoms with E-state index in [2.05, 4.69) is 5.32 Å². The van der Waals surface area contributed by atoms with Gasteiger partial charge in [0.1, 0.15) is 6.61 Å². The number of carbonyl (C=O) groups excluding carboxylic acids is 1. The summed E-state index contributed by atoms with van der Waals surface area (Å²) in [5.41, 5.74) is 3.32. The predicted molar refractivity (Wildman–Crippen MR) is 84.5 cm³/mol. The first kappa shape index (κ1) is 14.1. The largest absolute Gasteiger partial charge is 0.361 e. The Morgan fingerprint density at radius 3 is 2.67 bits per heavy atom. The molecule has 2 aromatic rings. The number of halogens is 1. The molecular weight excluding hydrogens is 286 g/mol. The van der Waals surface area contributed by atoms with E-state index in [1.54, 1.807) is 0 Å². The van der Waals surface area contributed by atoms with Crippen molar-refractivity contribution in [2.45, 2.75) is 19.4 Å². The second-order valence-electron chi connectivity index (χ2n) is 5.62. The number of amides is 1. The van der Waals surface area contributed by atoms with Crippen LogP contribution in [0.25, 0.3) is 11.1 Å². The fourth-order valence-corrected chi connectivity index (χ4v) is 2.70. The zero-order valence-corrected chi connectivity index (χ0v) is 12.7. The zero-order chi connectivity index (χ0) is 15.0. The van der Waals surface area contributed by atoms with Crippen LogP contribution in [-0.4, -0.2) is 12.5 Å². The van der Waals surface area contributed by atoms with Gasteiger partial charge in [-0.15, -0.1) is 0 Å². The van der Waals surface area contributed by atoms with Crippen LogP contribution in [0.4, 0.5) is 5.69 Å². The number of hydrogen-bond donors (Lipinski definition) is 1. The monoisotopic (exact) mass is 301 g/mol. The lowest BCUT2D eigenvalue weighted by molar-refractivity contribution is -0.125. The van der Waals surface area contributed by atoms with Crippen molar-refractivity contribution in [3.05, 3.63) is 53.1 Å². The SMILES string of the molecule is CC1(C)OCC(=O)Nc2ccc(-c3cccc(Cl)c3)cc21. The first-order valence-corrected chi connectivity index (χ1v) is 7.18. The highest BCUT2D eigenvalue weighted by Crippen LogP contribution is 2.36. The van der Waals surface area contributed by atoms with Gasteiger partial charge in [0.2, 0.25) is 5.91 Å². The summed E-state index contributed by atoms with van der Waals surface area (Å²) in [6, 6.07) is 13.6. The zero-order valence-electron chi connectivity index (χ0n) is 11.9. The van der Waals surface area contributed by atoms with Crippen molar-refractivity contribution in [2.24, 2.45) is 0 Å². The van der Waals surface area contributed by atoms with E-state index in [4.69, 9.17) is 16.3 Å². The average Bonchev–Trinajstić information content (AvgIpc) is 2.56. The van der Waals surface area contributed by atoms with Gasteiger partial charge in [0, 0.05) is 16.3 Å². The molecule has 1 aliphatic heterocycles. The summed E-state index contributed by atoms with van der Waals surface area (Å²) in [4.78, 5) is 11.7. The molecule has 0 saturated carbocycles. The molecule has 0 radical (unpaired) electrons. The Bertz CT molecular complexity index is 710. The summed E-state index contributed by atoms with van der Waals surface area (Å²) >= 11 is 6.06. The summed E-state index contributed by atoms with van der Waals surface area (Å²) in [5, 5.41) is 3.58. The highest BCUT2D eigenvalue weighted by Gasteiger charge is 2.29. The maximum atomic E-state index is 11.7. The van der Waals surface area contributed by atoms with E-state index < -0.39 is 5.60 Å². The lowest BCUT2D eigenvalue weighted by atomic mass is 9.92. The Kier molecular flexibility index (Phi) is 3.47. The maximum absolute atomic E-state index is 11.7. The maximum Gasteiger partial charge on any atom is 0.250 e. The number of nitrogens with one attached hydrogen (secondary N) is 1. The van der Waals surface area contributed by atoms with Crippen LogP contribution < -0.4 is 5.32 Å². The molecule has 3 rings (SSSR count). The highest BCUT2D eigenvalue weighted by molar-refractivity contribution is 6.30. The van der Waals surface area contributed by atoms with E-state index in [1.807, 2.05) is 56.3 Å². The third-order valence-corrected chi connectivity index (χ3v) is 3.90.